The van der Waals surface area contributed by atoms with Crippen molar-refractivity contribution < 1.29 is 19.2 Å². The number of hydrogen-bond donors (Lipinski definition) is 1. The fourth-order valence-electron chi connectivity index (χ4n) is 4.34. The van der Waals surface area contributed by atoms with Crippen LogP contribution in [0.4, 0.5) is 5.82 Å². The van der Waals surface area contributed by atoms with Crippen molar-refractivity contribution in [2.24, 2.45) is 5.10 Å². The Hall–Kier alpha value is -3.82. The molecule has 3 atom stereocenters. The molecule has 2 fully saturated rings. The lowest BCUT2D eigenvalue weighted by Gasteiger charge is -2.27. The Morgan fingerprint density at radius 2 is 2.03 bits per heavy atom. The zero-order chi connectivity index (χ0) is 25.6. The molecule has 36 heavy (non-hydrogen) atoms. The summed E-state index contributed by atoms with van der Waals surface area (Å²) in [5, 5.41) is 23.7. The van der Waals surface area contributed by atoms with Gasteiger partial charge >= 0.3 is 5.82 Å². The molecule has 4 heterocycles. The number of benzene rings is 1. The molecule has 5 rings (SSSR count). The molecule has 15 heteroatoms. The number of tetrazole rings is 1. The van der Waals surface area contributed by atoms with Crippen LogP contribution in [0.5, 0.6) is 0 Å². The number of nitro groups is 1. The van der Waals surface area contributed by atoms with Crippen molar-refractivity contribution in [1.29, 1.82) is 0 Å². The average molecular weight is 514 g/mol. The van der Waals surface area contributed by atoms with Gasteiger partial charge in [-0.1, -0.05) is 6.07 Å². The van der Waals surface area contributed by atoms with Crippen molar-refractivity contribution in [1.82, 2.24) is 34.8 Å². The van der Waals surface area contributed by atoms with E-state index in [9.17, 15) is 14.9 Å². The second kappa shape index (κ2) is 9.33. The van der Waals surface area contributed by atoms with E-state index in [1.807, 2.05) is 26.0 Å². The second-order valence-corrected chi connectivity index (χ2v) is 9.11. The van der Waals surface area contributed by atoms with Crippen LogP contribution in [0.25, 0.3) is 5.69 Å². The van der Waals surface area contributed by atoms with Crippen LogP contribution < -0.4 is 5.43 Å². The van der Waals surface area contributed by atoms with E-state index in [4.69, 9.17) is 21.7 Å². The SMILES string of the molecule is Cc1cc(C)cc(-n2nnn(C3C/C(=N/NC(=O)Cn4cc([N+](=O)[O-])nc4C)C4OCC3O4)c2=S)c1. The summed E-state index contributed by atoms with van der Waals surface area (Å²) in [6.45, 7) is 5.71. The maximum absolute atomic E-state index is 12.4. The number of nitrogens with one attached hydrogen (secondary N) is 1. The van der Waals surface area contributed by atoms with E-state index in [-0.39, 0.29) is 24.5 Å². The number of carbonyl (C=O) groups is 1. The number of aryl methyl sites for hydroxylation is 3. The average Bonchev–Trinajstić information content (AvgIpc) is 3.51. The summed E-state index contributed by atoms with van der Waals surface area (Å²) in [6, 6.07) is 5.69. The van der Waals surface area contributed by atoms with Crippen LogP contribution in [0.3, 0.4) is 0 Å². The molecule has 2 aliphatic rings. The van der Waals surface area contributed by atoms with Crippen LogP contribution in [0, 0.1) is 35.7 Å². The van der Waals surface area contributed by atoms with Gasteiger partial charge < -0.3 is 19.6 Å². The first-order valence-electron chi connectivity index (χ1n) is 11.1. The molecule has 2 aromatic heterocycles. The van der Waals surface area contributed by atoms with E-state index >= 15 is 0 Å². The lowest BCUT2D eigenvalue weighted by Crippen LogP contribution is -2.39. The fraction of sp³-hybridized carbons (Fsp3) is 0.429. The number of carbonyl (C=O) groups excluding carboxylic acids is 1. The standard InChI is InChI=1S/C21H23N9O5S/c1-11-4-12(2)6-14(5-11)28-21(36)29(26-25-28)16-7-15(20-34-10-17(16)35-20)23-24-19(31)9-27-8-18(30(32)33)22-13(27)3/h4-6,8,16-17,20H,7,9-10H2,1-3H3,(H,24,31)/b23-15-. The van der Waals surface area contributed by atoms with E-state index in [2.05, 4.69) is 32.0 Å². The molecule has 188 valence electrons. The maximum Gasteiger partial charge on any atom is 0.381 e. The minimum atomic E-state index is -0.689. The zero-order valence-electron chi connectivity index (χ0n) is 19.7. The number of amides is 1. The second-order valence-electron chi connectivity index (χ2n) is 8.74. The number of imidazole rings is 1. The molecule has 3 unspecified atom stereocenters. The van der Waals surface area contributed by atoms with Gasteiger partial charge in [0.2, 0.25) is 10.6 Å². The monoisotopic (exact) mass is 513 g/mol. The third-order valence-electron chi connectivity index (χ3n) is 5.99. The van der Waals surface area contributed by atoms with Gasteiger partial charge in [-0.05, 0) is 69.7 Å². The van der Waals surface area contributed by atoms with Crippen molar-refractivity contribution in [2.75, 3.05) is 6.61 Å². The maximum atomic E-state index is 12.4. The van der Waals surface area contributed by atoms with Crippen LogP contribution in [0.2, 0.25) is 0 Å². The van der Waals surface area contributed by atoms with Gasteiger partial charge in [-0.25, -0.2) is 10.1 Å². The molecule has 3 aromatic rings. The first-order chi connectivity index (χ1) is 17.2. The van der Waals surface area contributed by atoms with Gasteiger partial charge in [-0.2, -0.15) is 9.78 Å². The predicted molar refractivity (Wildman–Crippen MR) is 127 cm³/mol. The van der Waals surface area contributed by atoms with Gasteiger partial charge in [0.1, 0.15) is 18.8 Å². The van der Waals surface area contributed by atoms with Crippen molar-refractivity contribution in [3.63, 3.8) is 0 Å². The Kier molecular flexibility index (Phi) is 6.19. The highest BCUT2D eigenvalue weighted by atomic mass is 32.1. The summed E-state index contributed by atoms with van der Waals surface area (Å²) in [5.41, 5.74) is 5.93. The number of aromatic nitrogens is 6. The third kappa shape index (κ3) is 4.55. The molecule has 0 spiro atoms. The number of ether oxygens (including phenoxy) is 2. The van der Waals surface area contributed by atoms with E-state index in [1.54, 1.807) is 16.3 Å². The van der Waals surface area contributed by atoms with Crippen LogP contribution >= 0.6 is 12.2 Å². The summed E-state index contributed by atoms with van der Waals surface area (Å²) < 4.78 is 16.6. The van der Waals surface area contributed by atoms with Crippen molar-refractivity contribution >= 4 is 29.7 Å². The zero-order valence-corrected chi connectivity index (χ0v) is 20.5. The molecular weight excluding hydrogens is 490 g/mol. The first-order valence-corrected chi connectivity index (χ1v) is 11.5. The minimum Gasteiger partial charge on any atom is -0.358 e. The number of rotatable bonds is 6. The Morgan fingerprint density at radius 3 is 2.72 bits per heavy atom. The minimum absolute atomic E-state index is 0.183. The van der Waals surface area contributed by atoms with Crippen molar-refractivity contribution in [3.05, 3.63) is 56.2 Å². The third-order valence-corrected chi connectivity index (χ3v) is 6.35. The van der Waals surface area contributed by atoms with Crippen LogP contribution in [-0.2, 0) is 20.8 Å². The Labute approximate surface area is 209 Å². The molecule has 14 nitrogen and oxygen atoms in total. The van der Waals surface area contributed by atoms with Gasteiger partial charge in [0, 0.05) is 13.3 Å². The molecule has 1 N–H and O–H groups in total. The molecule has 1 amide bonds. The molecule has 0 radical (unpaired) electrons. The van der Waals surface area contributed by atoms with Crippen LogP contribution in [-0.4, -0.2) is 64.9 Å². The lowest BCUT2D eigenvalue weighted by molar-refractivity contribution is -0.389. The number of fused-ring (bicyclic) bond motifs is 2. The highest BCUT2D eigenvalue weighted by Crippen LogP contribution is 2.33. The molecule has 1 aromatic carbocycles. The van der Waals surface area contributed by atoms with Gasteiger partial charge in [0.15, 0.2) is 6.29 Å². The normalized spacial score (nSPS) is 22.2. The topological polar surface area (TPSA) is 157 Å². The van der Waals surface area contributed by atoms with E-state index in [0.29, 0.717) is 29.3 Å². The molecule has 2 bridgehead atoms. The number of nitrogens with zero attached hydrogens (tertiary/aromatic N) is 8. The summed E-state index contributed by atoms with van der Waals surface area (Å²) in [4.78, 5) is 26.5. The van der Waals surface area contributed by atoms with Crippen LogP contribution in [0.15, 0.2) is 29.5 Å². The summed E-state index contributed by atoms with van der Waals surface area (Å²) in [7, 11) is 0. The largest absolute Gasteiger partial charge is 0.381 e. The first kappa shape index (κ1) is 23.9. The van der Waals surface area contributed by atoms with Crippen molar-refractivity contribution in [3.8, 4) is 5.69 Å². The molecule has 2 saturated heterocycles. The predicted octanol–water partition coefficient (Wildman–Crippen LogP) is 1.69. The quantitative estimate of drug-likeness (QED) is 0.294. The molecular formula is C21H23N9O5S. The Morgan fingerprint density at radius 1 is 1.28 bits per heavy atom. The summed E-state index contributed by atoms with van der Waals surface area (Å²) in [5.74, 6) is -0.466. The van der Waals surface area contributed by atoms with Gasteiger partial charge in [-0.3, -0.25) is 9.36 Å². The molecule has 0 saturated carbocycles. The Balaban J connectivity index is 1.33. The van der Waals surface area contributed by atoms with Gasteiger partial charge in [0.25, 0.3) is 5.91 Å². The fourth-order valence-corrected chi connectivity index (χ4v) is 4.66. The highest BCUT2D eigenvalue weighted by Gasteiger charge is 2.44. The van der Waals surface area contributed by atoms with E-state index in [0.717, 1.165) is 16.8 Å². The van der Waals surface area contributed by atoms with E-state index in [1.165, 1.54) is 10.8 Å². The van der Waals surface area contributed by atoms with E-state index < -0.39 is 17.1 Å². The summed E-state index contributed by atoms with van der Waals surface area (Å²) >= 11 is 5.68. The summed E-state index contributed by atoms with van der Waals surface area (Å²) in [6.07, 6.45) is 0.597. The lowest BCUT2D eigenvalue weighted by atomic mass is 10.0. The highest BCUT2D eigenvalue weighted by molar-refractivity contribution is 7.71. The van der Waals surface area contributed by atoms with Crippen molar-refractivity contribution in [2.45, 2.75) is 52.2 Å². The van der Waals surface area contributed by atoms with Gasteiger partial charge in [-0.15, -0.1) is 0 Å². The van der Waals surface area contributed by atoms with Gasteiger partial charge in [0.05, 0.1) is 24.0 Å². The van der Waals surface area contributed by atoms with Crippen LogP contribution in [0.1, 0.15) is 29.4 Å². The molecule has 0 aliphatic carbocycles. The number of hydrazone groups is 1. The Bertz CT molecular complexity index is 1420. The smallest absolute Gasteiger partial charge is 0.358 e. The molecule has 2 aliphatic heterocycles. The number of hydrogen-bond acceptors (Lipinski definition) is 10.